The molecule has 1 aromatic rings. The number of likely N-dealkylation sites (tertiary alicyclic amines) is 1. The van der Waals surface area contributed by atoms with E-state index < -0.39 is 0 Å². The number of aryl methyl sites for hydroxylation is 1. The van der Waals surface area contributed by atoms with Gasteiger partial charge in [0, 0.05) is 43.4 Å². The molecule has 2 N–H and O–H groups in total. The second kappa shape index (κ2) is 8.30. The van der Waals surface area contributed by atoms with Gasteiger partial charge < -0.3 is 20.3 Å². The second-order valence-corrected chi connectivity index (χ2v) is 8.05. The van der Waals surface area contributed by atoms with E-state index in [0.717, 1.165) is 24.9 Å². The largest absolute Gasteiger partial charge is 0.381 e. The van der Waals surface area contributed by atoms with Crippen LogP contribution in [0, 0.1) is 11.3 Å². The molecule has 1 aromatic carbocycles. The van der Waals surface area contributed by atoms with Crippen LogP contribution < -0.4 is 10.6 Å². The lowest BCUT2D eigenvalue weighted by molar-refractivity contribution is -0.130. The normalized spacial score (nSPS) is 21.5. The van der Waals surface area contributed by atoms with Crippen LogP contribution in [-0.2, 0) is 16.0 Å². The molecule has 2 fully saturated rings. The van der Waals surface area contributed by atoms with Gasteiger partial charge in [0.1, 0.15) is 0 Å². The van der Waals surface area contributed by atoms with E-state index in [1.807, 2.05) is 38.1 Å². The van der Waals surface area contributed by atoms with Gasteiger partial charge in [-0.1, -0.05) is 19.1 Å². The van der Waals surface area contributed by atoms with E-state index in [2.05, 4.69) is 17.6 Å². The lowest BCUT2D eigenvalue weighted by Crippen LogP contribution is -2.46. The summed E-state index contributed by atoms with van der Waals surface area (Å²) in [6.07, 6.45) is 2.61. The first kappa shape index (κ1) is 19.7. The van der Waals surface area contributed by atoms with Gasteiger partial charge in [0.25, 0.3) is 0 Å². The summed E-state index contributed by atoms with van der Waals surface area (Å²) in [6.45, 7) is 8.40. The van der Waals surface area contributed by atoms with Crippen LogP contribution in [0.25, 0.3) is 0 Å². The Bertz CT molecular complexity index is 666. The minimum Gasteiger partial charge on any atom is -0.381 e. The average molecular weight is 373 g/mol. The summed E-state index contributed by atoms with van der Waals surface area (Å²) in [5.41, 5.74) is 1.84. The van der Waals surface area contributed by atoms with Crippen LogP contribution in [-0.4, -0.2) is 49.2 Å². The molecular weight excluding hydrogens is 342 g/mol. The zero-order valence-corrected chi connectivity index (χ0v) is 16.6. The van der Waals surface area contributed by atoms with Gasteiger partial charge in [0.2, 0.25) is 5.91 Å². The number of amides is 3. The molecule has 27 heavy (non-hydrogen) atoms. The highest BCUT2D eigenvalue weighted by Crippen LogP contribution is 2.44. The van der Waals surface area contributed by atoms with E-state index in [0.29, 0.717) is 26.3 Å². The molecular formula is C21H31N3O3. The lowest BCUT2D eigenvalue weighted by Gasteiger charge is -2.37. The number of hydrogen-bond acceptors (Lipinski definition) is 3. The monoisotopic (exact) mass is 373 g/mol. The molecule has 3 rings (SSSR count). The molecule has 1 atom stereocenters. The number of benzene rings is 1. The van der Waals surface area contributed by atoms with E-state index in [4.69, 9.17) is 4.74 Å². The van der Waals surface area contributed by atoms with Crippen molar-refractivity contribution in [3.05, 3.63) is 29.8 Å². The predicted molar refractivity (Wildman–Crippen MR) is 106 cm³/mol. The zero-order valence-electron chi connectivity index (χ0n) is 16.6. The predicted octanol–water partition coefficient (Wildman–Crippen LogP) is 3.03. The van der Waals surface area contributed by atoms with E-state index in [1.165, 1.54) is 5.56 Å². The van der Waals surface area contributed by atoms with Crippen LogP contribution >= 0.6 is 0 Å². The first-order valence-electron chi connectivity index (χ1n) is 9.96. The number of urea groups is 1. The van der Waals surface area contributed by atoms with Crippen LogP contribution in [0.15, 0.2) is 24.3 Å². The quantitative estimate of drug-likeness (QED) is 0.852. The third-order valence-electron chi connectivity index (χ3n) is 5.78. The number of nitrogens with zero attached hydrogens (tertiary/aromatic N) is 1. The molecule has 148 valence electrons. The summed E-state index contributed by atoms with van der Waals surface area (Å²) in [5.74, 6) is -0.133. The number of ether oxygens (including phenoxy) is 1. The Labute approximate surface area is 161 Å². The molecule has 1 spiro atoms. The molecule has 0 aromatic heterocycles. The number of rotatable bonds is 4. The van der Waals surface area contributed by atoms with Gasteiger partial charge in [-0.25, -0.2) is 4.79 Å². The number of nitrogens with one attached hydrogen (secondary N) is 2. The van der Waals surface area contributed by atoms with E-state index >= 15 is 0 Å². The Morgan fingerprint density at radius 3 is 2.48 bits per heavy atom. The van der Waals surface area contributed by atoms with Crippen molar-refractivity contribution < 1.29 is 14.3 Å². The van der Waals surface area contributed by atoms with Crippen molar-refractivity contribution in [3.63, 3.8) is 0 Å². The Balaban J connectivity index is 1.71. The van der Waals surface area contributed by atoms with Gasteiger partial charge in [-0.2, -0.15) is 0 Å². The highest BCUT2D eigenvalue weighted by molar-refractivity contribution is 5.90. The van der Waals surface area contributed by atoms with E-state index in [1.54, 1.807) is 4.90 Å². The number of carbonyl (C=O) groups excluding carboxylic acids is 2. The van der Waals surface area contributed by atoms with Crippen molar-refractivity contribution in [2.45, 2.75) is 46.1 Å². The van der Waals surface area contributed by atoms with Crippen LogP contribution in [0.3, 0.4) is 0 Å². The molecule has 2 saturated heterocycles. The maximum atomic E-state index is 12.8. The van der Waals surface area contributed by atoms with Crippen molar-refractivity contribution in [1.82, 2.24) is 10.2 Å². The molecule has 0 unspecified atom stereocenters. The maximum Gasteiger partial charge on any atom is 0.321 e. The molecule has 2 heterocycles. The Morgan fingerprint density at radius 2 is 1.89 bits per heavy atom. The van der Waals surface area contributed by atoms with Crippen LogP contribution in [0.4, 0.5) is 10.5 Å². The van der Waals surface area contributed by atoms with Crippen LogP contribution in [0.2, 0.25) is 0 Å². The first-order valence-corrected chi connectivity index (χ1v) is 9.96. The molecule has 2 aliphatic rings. The minimum absolute atomic E-state index is 0.0505. The fourth-order valence-electron chi connectivity index (χ4n) is 4.18. The Hall–Kier alpha value is -2.08. The number of carbonyl (C=O) groups is 2. The molecule has 2 aliphatic heterocycles. The summed E-state index contributed by atoms with van der Waals surface area (Å²) in [4.78, 5) is 27.4. The molecule has 0 aliphatic carbocycles. The van der Waals surface area contributed by atoms with Gasteiger partial charge in [-0.05, 0) is 50.8 Å². The topological polar surface area (TPSA) is 70.7 Å². The van der Waals surface area contributed by atoms with E-state index in [-0.39, 0.29) is 29.3 Å². The Kier molecular flexibility index (Phi) is 6.05. The van der Waals surface area contributed by atoms with Gasteiger partial charge >= 0.3 is 6.03 Å². The zero-order chi connectivity index (χ0) is 19.4. The van der Waals surface area contributed by atoms with Crippen LogP contribution in [0.1, 0.15) is 39.2 Å². The molecule has 0 bridgehead atoms. The van der Waals surface area contributed by atoms with E-state index in [9.17, 15) is 9.59 Å². The van der Waals surface area contributed by atoms with Crippen molar-refractivity contribution in [1.29, 1.82) is 0 Å². The standard InChI is InChI=1S/C21H31N3O3/c1-4-16-5-7-17(8-6-16)23-20(26)24-13-18(19(25)22-15(2)3)21(14-24)9-11-27-12-10-21/h5-8,15,18H,4,9-14H2,1-3H3,(H,22,25)(H,23,26)/t18-/m0/s1. The summed E-state index contributed by atoms with van der Waals surface area (Å²) < 4.78 is 5.53. The van der Waals surface area contributed by atoms with Gasteiger partial charge in [-0.15, -0.1) is 0 Å². The highest BCUT2D eigenvalue weighted by atomic mass is 16.5. The summed E-state index contributed by atoms with van der Waals surface area (Å²) in [5, 5.41) is 6.02. The molecule has 6 nitrogen and oxygen atoms in total. The third-order valence-corrected chi connectivity index (χ3v) is 5.78. The maximum absolute atomic E-state index is 12.8. The van der Waals surface area contributed by atoms with Crippen molar-refractivity contribution >= 4 is 17.6 Å². The molecule has 6 heteroatoms. The van der Waals surface area contributed by atoms with Gasteiger partial charge in [-0.3, -0.25) is 4.79 Å². The average Bonchev–Trinajstić information content (AvgIpc) is 3.01. The smallest absolute Gasteiger partial charge is 0.321 e. The fraction of sp³-hybridized carbons (Fsp3) is 0.619. The van der Waals surface area contributed by atoms with Crippen molar-refractivity contribution in [2.24, 2.45) is 11.3 Å². The summed E-state index contributed by atoms with van der Waals surface area (Å²) >= 11 is 0. The van der Waals surface area contributed by atoms with Gasteiger partial charge in [0.05, 0.1) is 5.92 Å². The Morgan fingerprint density at radius 1 is 1.22 bits per heavy atom. The highest BCUT2D eigenvalue weighted by Gasteiger charge is 2.51. The van der Waals surface area contributed by atoms with Crippen molar-refractivity contribution in [2.75, 3.05) is 31.6 Å². The second-order valence-electron chi connectivity index (χ2n) is 8.05. The summed E-state index contributed by atoms with van der Waals surface area (Å²) in [6, 6.07) is 7.87. The molecule has 0 saturated carbocycles. The fourth-order valence-corrected chi connectivity index (χ4v) is 4.18. The molecule has 0 radical (unpaired) electrons. The minimum atomic E-state index is -0.183. The summed E-state index contributed by atoms with van der Waals surface area (Å²) in [7, 11) is 0. The third kappa shape index (κ3) is 4.43. The van der Waals surface area contributed by atoms with Crippen LogP contribution in [0.5, 0.6) is 0 Å². The van der Waals surface area contributed by atoms with Gasteiger partial charge in [0.15, 0.2) is 0 Å². The lowest BCUT2D eigenvalue weighted by atomic mass is 9.71. The number of hydrogen-bond donors (Lipinski definition) is 2. The van der Waals surface area contributed by atoms with Crippen molar-refractivity contribution in [3.8, 4) is 0 Å². The number of anilines is 1. The SMILES string of the molecule is CCc1ccc(NC(=O)N2C[C@@H](C(=O)NC(C)C)C3(CCOCC3)C2)cc1. The molecule has 3 amide bonds. The first-order chi connectivity index (χ1) is 12.9.